The zero-order valence-corrected chi connectivity index (χ0v) is 16.3. The average Bonchev–Trinajstić information content (AvgIpc) is 3.21. The number of aliphatic carboxylic acids is 1. The summed E-state index contributed by atoms with van der Waals surface area (Å²) in [6, 6.07) is -3.62. The van der Waals surface area contributed by atoms with Gasteiger partial charge in [-0.2, -0.15) is 0 Å². The lowest BCUT2D eigenvalue weighted by Crippen LogP contribution is -2.58. The van der Waals surface area contributed by atoms with Crippen LogP contribution in [-0.4, -0.2) is 75.1 Å². The molecule has 0 aromatic carbocycles. The number of aromatic amines is 1. The average molecular weight is 412 g/mol. The van der Waals surface area contributed by atoms with Gasteiger partial charge in [0.15, 0.2) is 0 Å². The standard InChI is InChI=1S/C17H28N6O6/c1-3-9(2)14(23-13(25)5-18)16(27)21-11(4-10-6-19-8-20-10)15(26)22-12(7-24)17(28)29/h6,8-9,11-12,14,24H,3-5,7,18H2,1-2H3,(H,19,20)(H,21,27)(H,22,26)(H,23,25)(H,28,29). The number of carboxylic acids is 1. The van der Waals surface area contributed by atoms with Crippen LogP contribution in [0.5, 0.6) is 0 Å². The maximum atomic E-state index is 12.8. The van der Waals surface area contributed by atoms with Crippen molar-refractivity contribution in [2.45, 2.75) is 44.8 Å². The number of nitrogens with zero attached hydrogens (tertiary/aromatic N) is 1. The van der Waals surface area contributed by atoms with Crippen molar-refractivity contribution in [1.29, 1.82) is 0 Å². The van der Waals surface area contributed by atoms with Gasteiger partial charge in [-0.25, -0.2) is 9.78 Å². The zero-order chi connectivity index (χ0) is 22.0. The molecule has 0 radical (unpaired) electrons. The van der Waals surface area contributed by atoms with Crippen LogP contribution in [0.4, 0.5) is 0 Å². The van der Waals surface area contributed by atoms with Crippen LogP contribution in [0.2, 0.25) is 0 Å². The van der Waals surface area contributed by atoms with Crippen molar-refractivity contribution in [2.75, 3.05) is 13.2 Å². The third-order valence-electron chi connectivity index (χ3n) is 4.41. The smallest absolute Gasteiger partial charge is 0.328 e. The molecule has 12 heteroatoms. The Morgan fingerprint density at radius 1 is 1.17 bits per heavy atom. The van der Waals surface area contributed by atoms with Crippen LogP contribution in [0.1, 0.15) is 26.0 Å². The van der Waals surface area contributed by atoms with E-state index in [2.05, 4.69) is 25.9 Å². The van der Waals surface area contributed by atoms with Gasteiger partial charge in [-0.1, -0.05) is 20.3 Å². The topological polar surface area (TPSA) is 200 Å². The van der Waals surface area contributed by atoms with E-state index in [9.17, 15) is 19.2 Å². The number of aliphatic hydroxyl groups excluding tert-OH is 1. The van der Waals surface area contributed by atoms with E-state index in [0.29, 0.717) is 12.1 Å². The minimum Gasteiger partial charge on any atom is -0.480 e. The van der Waals surface area contributed by atoms with Crippen LogP contribution < -0.4 is 21.7 Å². The van der Waals surface area contributed by atoms with Crippen molar-refractivity contribution in [2.24, 2.45) is 11.7 Å². The molecule has 1 aromatic heterocycles. The first kappa shape index (κ1) is 24.0. The van der Waals surface area contributed by atoms with Crippen molar-refractivity contribution in [3.05, 3.63) is 18.2 Å². The molecule has 4 unspecified atom stereocenters. The van der Waals surface area contributed by atoms with E-state index in [0.717, 1.165) is 0 Å². The van der Waals surface area contributed by atoms with Crippen LogP contribution >= 0.6 is 0 Å². The summed E-state index contributed by atoms with van der Waals surface area (Å²) in [6.45, 7) is 2.49. The SMILES string of the molecule is CCC(C)C(NC(=O)CN)C(=O)NC(Cc1cnc[nH]1)C(=O)NC(CO)C(=O)O. The van der Waals surface area contributed by atoms with Gasteiger partial charge in [-0.3, -0.25) is 14.4 Å². The Labute approximate surface area is 167 Å². The summed E-state index contributed by atoms with van der Waals surface area (Å²) < 4.78 is 0. The zero-order valence-electron chi connectivity index (χ0n) is 16.3. The summed E-state index contributed by atoms with van der Waals surface area (Å²) in [5.41, 5.74) is 5.82. The molecule has 0 saturated heterocycles. The summed E-state index contributed by atoms with van der Waals surface area (Å²) in [6.07, 6.45) is 3.41. The van der Waals surface area contributed by atoms with Gasteiger partial charge in [0.1, 0.15) is 18.1 Å². The maximum absolute atomic E-state index is 12.8. The highest BCUT2D eigenvalue weighted by Gasteiger charge is 2.31. The summed E-state index contributed by atoms with van der Waals surface area (Å²) in [5, 5.41) is 25.4. The number of hydrogen-bond donors (Lipinski definition) is 7. The second-order valence-electron chi connectivity index (χ2n) is 6.56. The number of aromatic nitrogens is 2. The Morgan fingerprint density at radius 2 is 1.83 bits per heavy atom. The number of H-pyrrole nitrogens is 1. The number of rotatable bonds is 12. The van der Waals surface area contributed by atoms with Crippen molar-refractivity contribution in [3.8, 4) is 0 Å². The molecule has 4 atom stereocenters. The summed E-state index contributed by atoms with van der Waals surface area (Å²) in [5.74, 6) is -3.60. The molecule has 3 amide bonds. The predicted molar refractivity (Wildman–Crippen MR) is 101 cm³/mol. The highest BCUT2D eigenvalue weighted by molar-refractivity contribution is 5.93. The highest BCUT2D eigenvalue weighted by Crippen LogP contribution is 2.09. The van der Waals surface area contributed by atoms with Gasteiger partial charge in [-0.15, -0.1) is 0 Å². The molecule has 1 aromatic rings. The number of nitrogens with one attached hydrogen (secondary N) is 4. The molecule has 12 nitrogen and oxygen atoms in total. The van der Waals surface area contributed by atoms with E-state index in [4.69, 9.17) is 15.9 Å². The number of carboxylic acid groups (broad SMARTS) is 1. The normalized spacial score (nSPS) is 14.9. The van der Waals surface area contributed by atoms with E-state index in [-0.39, 0.29) is 18.9 Å². The van der Waals surface area contributed by atoms with E-state index in [1.807, 2.05) is 6.92 Å². The molecule has 0 saturated carbocycles. The van der Waals surface area contributed by atoms with Crippen molar-refractivity contribution in [1.82, 2.24) is 25.9 Å². The Hall–Kier alpha value is -2.99. The third-order valence-corrected chi connectivity index (χ3v) is 4.41. The van der Waals surface area contributed by atoms with Gasteiger partial charge >= 0.3 is 5.97 Å². The van der Waals surface area contributed by atoms with Gasteiger partial charge in [0.05, 0.1) is 19.5 Å². The second-order valence-corrected chi connectivity index (χ2v) is 6.56. The monoisotopic (exact) mass is 412 g/mol. The van der Waals surface area contributed by atoms with Gasteiger partial charge in [0.25, 0.3) is 0 Å². The number of nitrogens with two attached hydrogens (primary N) is 1. The summed E-state index contributed by atoms with van der Waals surface area (Å²) in [4.78, 5) is 54.8. The van der Waals surface area contributed by atoms with Gasteiger partial charge in [-0.05, 0) is 5.92 Å². The minimum atomic E-state index is -1.52. The molecule has 8 N–H and O–H groups in total. The number of carbonyl (C=O) groups excluding carboxylic acids is 3. The Kier molecular flexibility index (Phi) is 9.75. The van der Waals surface area contributed by atoms with Gasteiger partial charge in [0.2, 0.25) is 17.7 Å². The minimum absolute atomic E-state index is 0.00655. The lowest BCUT2D eigenvalue weighted by atomic mass is 9.97. The molecule has 1 heterocycles. The molecular formula is C17H28N6O6. The first-order chi connectivity index (χ1) is 13.7. The Morgan fingerprint density at radius 3 is 2.31 bits per heavy atom. The fraction of sp³-hybridized carbons (Fsp3) is 0.588. The van der Waals surface area contributed by atoms with Crippen LogP contribution in [-0.2, 0) is 25.6 Å². The number of imidazole rings is 1. The van der Waals surface area contributed by atoms with Crippen LogP contribution in [0.3, 0.4) is 0 Å². The lowest BCUT2D eigenvalue weighted by Gasteiger charge is -2.26. The molecule has 0 bridgehead atoms. The van der Waals surface area contributed by atoms with E-state index < -0.39 is 48.4 Å². The third kappa shape index (κ3) is 7.50. The molecule has 1 rings (SSSR count). The number of amides is 3. The van der Waals surface area contributed by atoms with Crippen LogP contribution in [0.25, 0.3) is 0 Å². The Bertz CT molecular complexity index is 695. The molecule has 0 spiro atoms. The Balaban J connectivity index is 3.01. The number of hydrogen-bond acceptors (Lipinski definition) is 7. The second kappa shape index (κ2) is 11.8. The first-order valence-corrected chi connectivity index (χ1v) is 9.14. The molecule has 162 valence electrons. The van der Waals surface area contributed by atoms with E-state index in [1.165, 1.54) is 12.5 Å². The summed E-state index contributed by atoms with van der Waals surface area (Å²) in [7, 11) is 0. The van der Waals surface area contributed by atoms with Crippen LogP contribution in [0, 0.1) is 5.92 Å². The lowest BCUT2D eigenvalue weighted by molar-refractivity contribution is -0.143. The number of aliphatic hydroxyl groups is 1. The fourth-order valence-electron chi connectivity index (χ4n) is 2.48. The van der Waals surface area contributed by atoms with E-state index >= 15 is 0 Å². The quantitative estimate of drug-likeness (QED) is 0.195. The van der Waals surface area contributed by atoms with Crippen molar-refractivity contribution < 1.29 is 29.4 Å². The predicted octanol–water partition coefficient (Wildman–Crippen LogP) is -2.51. The van der Waals surface area contributed by atoms with Crippen molar-refractivity contribution in [3.63, 3.8) is 0 Å². The largest absolute Gasteiger partial charge is 0.480 e. The molecule has 0 aliphatic carbocycles. The van der Waals surface area contributed by atoms with E-state index in [1.54, 1.807) is 6.92 Å². The molecule has 0 aliphatic rings. The van der Waals surface area contributed by atoms with Gasteiger partial charge < -0.3 is 36.9 Å². The highest BCUT2D eigenvalue weighted by atomic mass is 16.4. The maximum Gasteiger partial charge on any atom is 0.328 e. The molecular weight excluding hydrogens is 384 g/mol. The van der Waals surface area contributed by atoms with Crippen molar-refractivity contribution >= 4 is 23.7 Å². The molecule has 29 heavy (non-hydrogen) atoms. The van der Waals surface area contributed by atoms with Gasteiger partial charge in [0, 0.05) is 18.3 Å². The fourth-order valence-corrected chi connectivity index (χ4v) is 2.48. The first-order valence-electron chi connectivity index (χ1n) is 9.14. The molecule has 0 fully saturated rings. The van der Waals surface area contributed by atoms with Crippen LogP contribution in [0.15, 0.2) is 12.5 Å². The summed E-state index contributed by atoms with van der Waals surface area (Å²) >= 11 is 0. The number of carbonyl (C=O) groups is 4. The molecule has 0 aliphatic heterocycles.